The molecule has 4 fully saturated rings. The molecule has 5 nitrogen and oxygen atoms in total. The quantitative estimate of drug-likeness (QED) is 0.618. The molecule has 5 heteroatoms. The molecule has 4 aliphatic heterocycles. The lowest BCUT2D eigenvalue weighted by Gasteiger charge is -2.43. The van der Waals surface area contributed by atoms with Crippen LogP contribution < -0.4 is 0 Å². The fourth-order valence-electron chi connectivity index (χ4n) is 4.39. The summed E-state index contributed by atoms with van der Waals surface area (Å²) in [5.74, 6) is 1.33. The van der Waals surface area contributed by atoms with Crippen molar-refractivity contribution in [3.05, 3.63) is 12.2 Å². The number of aliphatic hydroxyl groups excluding tert-OH is 1. The summed E-state index contributed by atoms with van der Waals surface area (Å²) >= 11 is 0. The van der Waals surface area contributed by atoms with Gasteiger partial charge in [0.1, 0.15) is 18.4 Å². The van der Waals surface area contributed by atoms with E-state index in [0.29, 0.717) is 24.3 Å². The molecule has 0 bridgehead atoms. The summed E-state index contributed by atoms with van der Waals surface area (Å²) in [6, 6.07) is 0.519. The molecule has 6 atom stereocenters. The number of hydrogen-bond acceptors (Lipinski definition) is 5. The van der Waals surface area contributed by atoms with Gasteiger partial charge in [0, 0.05) is 6.54 Å². The zero-order valence-electron chi connectivity index (χ0n) is 12.1. The fourth-order valence-corrected chi connectivity index (χ4v) is 4.39. The van der Waals surface area contributed by atoms with Gasteiger partial charge in [-0.3, -0.25) is 4.90 Å². The van der Waals surface area contributed by atoms with Crippen LogP contribution in [0, 0.1) is 11.8 Å². The number of fused-ring (bicyclic) bond motifs is 2. The maximum Gasteiger partial charge on any atom is 0.182 e. The first kappa shape index (κ1) is 13.0. The van der Waals surface area contributed by atoms with Crippen LogP contribution in [-0.4, -0.2) is 60.0 Å². The third-order valence-electron chi connectivity index (χ3n) is 5.91. The number of hydrogen-bond donors (Lipinski definition) is 1. The number of aliphatic hydroxyl groups is 1. The number of epoxide rings is 2. The molecule has 0 spiro atoms. The molecule has 4 heterocycles. The largest absolute Gasteiger partial charge is 0.371 e. The van der Waals surface area contributed by atoms with Crippen molar-refractivity contribution < 1.29 is 19.3 Å². The maximum absolute atomic E-state index is 9.38. The van der Waals surface area contributed by atoms with E-state index in [4.69, 9.17) is 14.2 Å². The highest BCUT2D eigenvalue weighted by molar-refractivity contribution is 5.15. The molecule has 1 aliphatic carbocycles. The van der Waals surface area contributed by atoms with E-state index < -0.39 is 6.29 Å². The van der Waals surface area contributed by atoms with Gasteiger partial charge in [-0.2, -0.15) is 0 Å². The normalized spacial score (nSPS) is 55.1. The predicted molar refractivity (Wildman–Crippen MR) is 74.4 cm³/mol. The van der Waals surface area contributed by atoms with Gasteiger partial charge in [-0.15, -0.1) is 0 Å². The Balaban J connectivity index is 1.19. The van der Waals surface area contributed by atoms with Crippen molar-refractivity contribution >= 4 is 0 Å². The summed E-state index contributed by atoms with van der Waals surface area (Å²) in [7, 11) is 0. The molecule has 0 radical (unpaired) electrons. The Hall–Kier alpha value is -0.460. The van der Waals surface area contributed by atoms with Crippen molar-refractivity contribution in [2.45, 2.75) is 62.6 Å². The van der Waals surface area contributed by atoms with Crippen LogP contribution in [0.2, 0.25) is 0 Å². The van der Waals surface area contributed by atoms with Crippen molar-refractivity contribution in [3.8, 4) is 0 Å². The average molecular weight is 293 g/mol. The summed E-state index contributed by atoms with van der Waals surface area (Å²) in [4.78, 5) is 2.55. The lowest BCUT2D eigenvalue weighted by Crippen LogP contribution is -2.57. The van der Waals surface area contributed by atoms with E-state index in [2.05, 4.69) is 17.1 Å². The summed E-state index contributed by atoms with van der Waals surface area (Å²) in [6.07, 6.45) is 9.77. The predicted octanol–water partition coefficient (Wildman–Crippen LogP) is 0.874. The molecular weight excluding hydrogens is 270 g/mol. The van der Waals surface area contributed by atoms with Gasteiger partial charge in [-0.25, -0.2) is 0 Å². The number of nitrogens with zero attached hydrogens (tertiary/aromatic N) is 1. The van der Waals surface area contributed by atoms with Crippen LogP contribution in [0.1, 0.15) is 25.7 Å². The van der Waals surface area contributed by atoms with E-state index in [-0.39, 0.29) is 12.2 Å². The van der Waals surface area contributed by atoms with Gasteiger partial charge in [-0.05, 0) is 37.5 Å². The van der Waals surface area contributed by atoms with Crippen LogP contribution in [0.3, 0.4) is 0 Å². The molecule has 1 saturated carbocycles. The third kappa shape index (κ3) is 2.26. The Morgan fingerprint density at radius 3 is 2.48 bits per heavy atom. The van der Waals surface area contributed by atoms with Gasteiger partial charge >= 0.3 is 0 Å². The summed E-state index contributed by atoms with van der Waals surface area (Å²) in [5, 5.41) is 9.38. The first-order chi connectivity index (χ1) is 10.3. The molecule has 116 valence electrons. The van der Waals surface area contributed by atoms with Crippen molar-refractivity contribution in [3.63, 3.8) is 0 Å². The highest BCUT2D eigenvalue weighted by Gasteiger charge is 2.52. The molecule has 1 N–H and O–H groups in total. The minimum atomic E-state index is -0.475. The van der Waals surface area contributed by atoms with Crippen molar-refractivity contribution in [1.82, 2.24) is 4.90 Å². The SMILES string of the molecule is OC1OC1C1CCC(CN2C3COC3C=CC3OC32)CC1. The third-order valence-corrected chi connectivity index (χ3v) is 5.91. The van der Waals surface area contributed by atoms with Crippen LogP contribution in [0.4, 0.5) is 0 Å². The van der Waals surface area contributed by atoms with E-state index in [1.54, 1.807) is 0 Å². The summed E-state index contributed by atoms with van der Waals surface area (Å²) < 4.78 is 16.6. The van der Waals surface area contributed by atoms with Crippen molar-refractivity contribution in [1.29, 1.82) is 0 Å². The topological polar surface area (TPSA) is 57.8 Å². The van der Waals surface area contributed by atoms with Crippen molar-refractivity contribution in [2.24, 2.45) is 11.8 Å². The zero-order chi connectivity index (χ0) is 14.0. The molecule has 0 aromatic carbocycles. The van der Waals surface area contributed by atoms with E-state index in [1.807, 2.05) is 0 Å². The Morgan fingerprint density at radius 2 is 1.81 bits per heavy atom. The van der Waals surface area contributed by atoms with E-state index in [0.717, 1.165) is 19.1 Å². The molecule has 5 aliphatic rings. The van der Waals surface area contributed by atoms with Gasteiger partial charge < -0.3 is 19.3 Å². The molecule has 0 aromatic rings. The van der Waals surface area contributed by atoms with Crippen LogP contribution in [0.15, 0.2) is 12.2 Å². The minimum Gasteiger partial charge on any atom is -0.371 e. The van der Waals surface area contributed by atoms with Crippen LogP contribution in [-0.2, 0) is 14.2 Å². The van der Waals surface area contributed by atoms with E-state index in [9.17, 15) is 5.11 Å². The molecule has 21 heavy (non-hydrogen) atoms. The second-order valence-electron chi connectivity index (χ2n) is 7.21. The van der Waals surface area contributed by atoms with E-state index >= 15 is 0 Å². The Kier molecular flexibility index (Phi) is 2.96. The van der Waals surface area contributed by atoms with Gasteiger partial charge in [0.15, 0.2) is 6.29 Å². The minimum absolute atomic E-state index is 0.133. The Labute approximate surface area is 124 Å². The van der Waals surface area contributed by atoms with Gasteiger partial charge in [-0.1, -0.05) is 12.2 Å². The monoisotopic (exact) mass is 293 g/mol. The van der Waals surface area contributed by atoms with Gasteiger partial charge in [0.25, 0.3) is 0 Å². The molecule has 0 aromatic heterocycles. The summed E-state index contributed by atoms with van der Waals surface area (Å²) in [6.45, 7) is 1.98. The number of ether oxygens (including phenoxy) is 3. The molecule has 3 saturated heterocycles. The first-order valence-corrected chi connectivity index (χ1v) is 8.34. The van der Waals surface area contributed by atoms with Crippen LogP contribution >= 0.6 is 0 Å². The lowest BCUT2D eigenvalue weighted by molar-refractivity contribution is -0.124. The van der Waals surface area contributed by atoms with Crippen LogP contribution in [0.5, 0.6) is 0 Å². The molecule has 0 amide bonds. The highest BCUT2D eigenvalue weighted by Crippen LogP contribution is 2.42. The Morgan fingerprint density at radius 1 is 1.05 bits per heavy atom. The van der Waals surface area contributed by atoms with Crippen molar-refractivity contribution in [2.75, 3.05) is 13.2 Å². The second-order valence-corrected chi connectivity index (χ2v) is 7.21. The fraction of sp³-hybridized carbons (Fsp3) is 0.875. The molecule has 6 unspecified atom stereocenters. The zero-order valence-corrected chi connectivity index (χ0v) is 12.1. The maximum atomic E-state index is 9.38. The van der Waals surface area contributed by atoms with E-state index in [1.165, 1.54) is 25.7 Å². The lowest BCUT2D eigenvalue weighted by atomic mass is 9.80. The average Bonchev–Trinajstić information content (AvgIpc) is 3.34. The standard InChI is InChI=1S/C16H23NO4/c18-16-14(21-16)10-3-1-9(2-4-10)7-17-11-8-19-12(11)5-6-13-15(17)20-13/h5-6,9-16,18H,1-4,7-8H2. The number of rotatable bonds is 3. The highest BCUT2D eigenvalue weighted by atomic mass is 16.7. The smallest absolute Gasteiger partial charge is 0.182 e. The van der Waals surface area contributed by atoms with Gasteiger partial charge in [0.05, 0.1) is 18.8 Å². The Bertz CT molecular complexity index is 448. The second kappa shape index (κ2) is 4.77. The van der Waals surface area contributed by atoms with Crippen LogP contribution in [0.25, 0.3) is 0 Å². The molecule has 5 rings (SSSR count). The molecular formula is C16H23NO4. The van der Waals surface area contributed by atoms with Gasteiger partial charge in [0.2, 0.25) is 0 Å². The first-order valence-electron chi connectivity index (χ1n) is 8.34. The summed E-state index contributed by atoms with van der Waals surface area (Å²) in [5.41, 5.74) is 0.